The Kier molecular flexibility index (Phi) is 5.27. The minimum atomic E-state index is -0.683. The summed E-state index contributed by atoms with van der Waals surface area (Å²) in [5, 5.41) is 2.72. The van der Waals surface area contributed by atoms with Crippen molar-refractivity contribution in [3.8, 4) is 0 Å². The number of ether oxygens (including phenoxy) is 1. The summed E-state index contributed by atoms with van der Waals surface area (Å²) in [6.45, 7) is 0. The summed E-state index contributed by atoms with van der Waals surface area (Å²) in [6, 6.07) is 9.03. The minimum Gasteiger partial charge on any atom is -0.465 e. The van der Waals surface area contributed by atoms with Gasteiger partial charge in [-0.15, -0.1) is 0 Å². The lowest BCUT2D eigenvalue weighted by atomic mass is 9.78. The number of hydrogen-bond acceptors (Lipinski definition) is 4. The zero-order chi connectivity index (χ0) is 18.7. The lowest BCUT2D eigenvalue weighted by Gasteiger charge is -2.28. The number of H-pyrrole nitrogens is 1. The molecule has 2 aromatic rings. The molecule has 136 valence electrons. The Morgan fingerprint density at radius 2 is 1.96 bits per heavy atom. The second-order valence-electron chi connectivity index (χ2n) is 6.38. The highest BCUT2D eigenvalue weighted by Crippen LogP contribution is 2.42. The van der Waals surface area contributed by atoms with Gasteiger partial charge in [0.05, 0.1) is 18.1 Å². The van der Waals surface area contributed by atoms with Crippen molar-refractivity contribution in [1.29, 1.82) is 0 Å². The largest absolute Gasteiger partial charge is 0.465 e. The fourth-order valence-corrected chi connectivity index (χ4v) is 3.87. The average Bonchev–Trinajstić information content (AvgIpc) is 3.14. The van der Waals surface area contributed by atoms with Crippen LogP contribution in [0.1, 0.15) is 41.6 Å². The first-order valence-corrected chi connectivity index (χ1v) is 9.14. The van der Waals surface area contributed by atoms with Crippen LogP contribution in [-0.2, 0) is 14.9 Å². The highest BCUT2D eigenvalue weighted by Gasteiger charge is 2.43. The molecule has 0 saturated heterocycles. The number of carbonyl (C=O) groups excluding carboxylic acids is 2. The average molecular weight is 419 g/mol. The first-order valence-electron chi connectivity index (χ1n) is 8.35. The fraction of sp³-hybridized carbons (Fsp3) is 0.316. The topological polar surface area (TPSA) is 88.3 Å². The Hall–Kier alpha value is -2.41. The minimum absolute atomic E-state index is 0.0409. The van der Waals surface area contributed by atoms with Gasteiger partial charge in [-0.3, -0.25) is 9.59 Å². The van der Waals surface area contributed by atoms with Crippen LogP contribution in [0.5, 0.6) is 0 Å². The van der Waals surface area contributed by atoms with E-state index < -0.39 is 16.9 Å². The van der Waals surface area contributed by atoms with Gasteiger partial charge in [-0.25, -0.2) is 4.79 Å². The number of nitrogens with one attached hydrogen (secondary N) is 2. The highest BCUT2D eigenvalue weighted by atomic mass is 79.9. The number of pyridine rings is 1. The van der Waals surface area contributed by atoms with Crippen LogP contribution in [0.4, 0.5) is 5.69 Å². The summed E-state index contributed by atoms with van der Waals surface area (Å²) in [5.41, 5.74) is -0.0161. The van der Waals surface area contributed by atoms with Crippen molar-refractivity contribution < 1.29 is 14.3 Å². The molecular formula is C19H19BrN2O4. The van der Waals surface area contributed by atoms with Gasteiger partial charge in [-0.2, -0.15) is 0 Å². The number of methoxy groups -OCH3 is 1. The monoisotopic (exact) mass is 418 g/mol. The molecule has 3 rings (SSSR count). The number of hydrogen-bond donors (Lipinski definition) is 2. The SMILES string of the molecule is COC(=O)c1c[nH]c(=O)c(NC(=O)C2(c3cccc(Br)c3)CCCC2)c1. The van der Waals surface area contributed by atoms with Gasteiger partial charge in [0.2, 0.25) is 5.91 Å². The van der Waals surface area contributed by atoms with Gasteiger partial charge in [0.15, 0.2) is 0 Å². The third-order valence-corrected chi connectivity index (χ3v) is 5.33. The quantitative estimate of drug-likeness (QED) is 0.744. The van der Waals surface area contributed by atoms with Gasteiger partial charge in [0.25, 0.3) is 5.56 Å². The fourth-order valence-electron chi connectivity index (χ4n) is 3.47. The van der Waals surface area contributed by atoms with E-state index in [1.54, 1.807) is 0 Å². The molecule has 1 aromatic carbocycles. The van der Waals surface area contributed by atoms with E-state index in [-0.39, 0.29) is 17.2 Å². The molecule has 6 nitrogen and oxygen atoms in total. The van der Waals surface area contributed by atoms with Crippen molar-refractivity contribution >= 4 is 33.5 Å². The molecule has 1 amide bonds. The number of aromatic amines is 1. The number of esters is 1. The van der Waals surface area contributed by atoms with Crippen LogP contribution in [0.15, 0.2) is 45.8 Å². The normalized spacial score (nSPS) is 15.5. The van der Waals surface area contributed by atoms with Crippen LogP contribution in [0, 0.1) is 0 Å². The van der Waals surface area contributed by atoms with Crippen molar-refractivity contribution in [1.82, 2.24) is 4.98 Å². The maximum atomic E-state index is 13.2. The maximum Gasteiger partial charge on any atom is 0.339 e. The summed E-state index contributed by atoms with van der Waals surface area (Å²) >= 11 is 3.46. The third-order valence-electron chi connectivity index (χ3n) is 4.84. The molecule has 26 heavy (non-hydrogen) atoms. The Morgan fingerprint density at radius 1 is 1.23 bits per heavy atom. The predicted molar refractivity (Wildman–Crippen MR) is 101 cm³/mol. The molecule has 0 spiro atoms. The Bertz CT molecular complexity index is 900. The number of halogens is 1. The van der Waals surface area contributed by atoms with Crippen LogP contribution in [0.25, 0.3) is 0 Å². The molecule has 1 heterocycles. The molecule has 0 atom stereocenters. The van der Waals surface area contributed by atoms with Crippen LogP contribution < -0.4 is 10.9 Å². The smallest absolute Gasteiger partial charge is 0.339 e. The van der Waals surface area contributed by atoms with Crippen LogP contribution in [0.3, 0.4) is 0 Å². The van der Waals surface area contributed by atoms with Gasteiger partial charge in [0.1, 0.15) is 5.69 Å². The number of carbonyl (C=O) groups is 2. The van der Waals surface area contributed by atoms with Gasteiger partial charge < -0.3 is 15.0 Å². The number of anilines is 1. The summed E-state index contributed by atoms with van der Waals surface area (Å²) in [6.07, 6.45) is 4.58. The summed E-state index contributed by atoms with van der Waals surface area (Å²) < 4.78 is 5.56. The lowest BCUT2D eigenvalue weighted by molar-refractivity contribution is -0.121. The Balaban J connectivity index is 1.95. The molecule has 1 aliphatic rings. The van der Waals surface area contributed by atoms with E-state index in [0.29, 0.717) is 12.8 Å². The van der Waals surface area contributed by atoms with E-state index in [0.717, 1.165) is 22.9 Å². The molecule has 2 N–H and O–H groups in total. The van der Waals surface area contributed by atoms with Crippen LogP contribution >= 0.6 is 15.9 Å². The van der Waals surface area contributed by atoms with Crippen molar-refractivity contribution in [2.45, 2.75) is 31.1 Å². The molecule has 0 unspecified atom stereocenters. The molecule has 1 aliphatic carbocycles. The molecular weight excluding hydrogens is 400 g/mol. The van der Waals surface area contributed by atoms with Crippen molar-refractivity contribution in [3.05, 3.63) is 62.5 Å². The predicted octanol–water partition coefficient (Wildman–Crippen LogP) is 3.37. The van der Waals surface area contributed by atoms with Gasteiger partial charge in [0, 0.05) is 10.7 Å². The van der Waals surface area contributed by atoms with Crippen molar-refractivity contribution in [3.63, 3.8) is 0 Å². The first kappa shape index (κ1) is 18.4. The van der Waals surface area contributed by atoms with Crippen molar-refractivity contribution in [2.75, 3.05) is 12.4 Å². The summed E-state index contributed by atoms with van der Waals surface area (Å²) in [5.74, 6) is -0.820. The highest BCUT2D eigenvalue weighted by molar-refractivity contribution is 9.10. The van der Waals surface area contributed by atoms with E-state index in [1.165, 1.54) is 19.4 Å². The standard InChI is InChI=1S/C19H19BrN2O4/c1-26-17(24)12-9-15(16(23)21-11-12)22-18(25)19(7-2-3-8-19)13-5-4-6-14(20)10-13/h4-6,9-11H,2-3,7-8H2,1H3,(H,21,23)(H,22,25). The van der Waals surface area contributed by atoms with E-state index in [2.05, 4.69) is 31.0 Å². The van der Waals surface area contributed by atoms with E-state index in [9.17, 15) is 14.4 Å². The van der Waals surface area contributed by atoms with Crippen LogP contribution in [-0.4, -0.2) is 24.0 Å². The second-order valence-corrected chi connectivity index (χ2v) is 7.29. The molecule has 7 heteroatoms. The third kappa shape index (κ3) is 3.44. The zero-order valence-electron chi connectivity index (χ0n) is 14.3. The molecule has 0 aliphatic heterocycles. The van der Waals surface area contributed by atoms with E-state index in [1.807, 2.05) is 24.3 Å². The van der Waals surface area contributed by atoms with Gasteiger partial charge in [-0.1, -0.05) is 40.9 Å². The molecule has 1 aromatic heterocycles. The zero-order valence-corrected chi connectivity index (χ0v) is 15.9. The summed E-state index contributed by atoms with van der Waals surface area (Å²) in [4.78, 5) is 39.4. The first-order chi connectivity index (χ1) is 12.5. The Morgan fingerprint density at radius 3 is 2.62 bits per heavy atom. The number of amides is 1. The number of benzene rings is 1. The van der Waals surface area contributed by atoms with E-state index >= 15 is 0 Å². The van der Waals surface area contributed by atoms with Gasteiger partial charge >= 0.3 is 5.97 Å². The molecule has 0 radical (unpaired) electrons. The summed E-state index contributed by atoms with van der Waals surface area (Å²) in [7, 11) is 1.26. The number of aromatic nitrogens is 1. The molecule has 1 saturated carbocycles. The van der Waals surface area contributed by atoms with Gasteiger partial charge in [-0.05, 0) is 36.6 Å². The Labute approximate surface area is 159 Å². The second kappa shape index (κ2) is 7.45. The van der Waals surface area contributed by atoms with Crippen LogP contribution in [0.2, 0.25) is 0 Å². The maximum absolute atomic E-state index is 13.2. The number of rotatable bonds is 4. The molecule has 1 fully saturated rings. The van der Waals surface area contributed by atoms with Crippen molar-refractivity contribution in [2.24, 2.45) is 0 Å². The van der Waals surface area contributed by atoms with E-state index in [4.69, 9.17) is 0 Å². The molecule has 0 bridgehead atoms. The lowest BCUT2D eigenvalue weighted by Crippen LogP contribution is -2.39.